The summed E-state index contributed by atoms with van der Waals surface area (Å²) in [4.78, 5) is 25.8. The van der Waals surface area contributed by atoms with E-state index in [1.165, 1.54) is 21.4 Å². The smallest absolute Gasteiger partial charge is 0.344 e. The summed E-state index contributed by atoms with van der Waals surface area (Å²) in [6.07, 6.45) is 4.03. The zero-order valence-electron chi connectivity index (χ0n) is 21.2. The van der Waals surface area contributed by atoms with Crippen molar-refractivity contribution in [3.8, 4) is 10.6 Å². The highest BCUT2D eigenvalue weighted by molar-refractivity contribution is 7.50. The molecule has 5 rings (SSSR count). The van der Waals surface area contributed by atoms with Gasteiger partial charge < -0.3 is 14.2 Å². The molecule has 0 spiro atoms. The molecular weight excluding hydrogens is 472 g/mol. The average molecular weight is 504 g/mol. The van der Waals surface area contributed by atoms with E-state index >= 15 is 0 Å². The van der Waals surface area contributed by atoms with Gasteiger partial charge >= 0.3 is 11.9 Å². The highest BCUT2D eigenvalue weighted by atomic mass is 32.2. The monoisotopic (exact) mass is 503 g/mol. The highest BCUT2D eigenvalue weighted by Gasteiger charge is 2.33. The van der Waals surface area contributed by atoms with Gasteiger partial charge in [-0.25, -0.2) is 9.59 Å². The van der Waals surface area contributed by atoms with Crippen LogP contribution in [0.15, 0.2) is 54.6 Å². The summed E-state index contributed by atoms with van der Waals surface area (Å²) in [6, 6.07) is 18.5. The summed E-state index contributed by atoms with van der Waals surface area (Å²) in [5, 5.41) is 2.20. The molecular formula is C30H31O5S+. The van der Waals surface area contributed by atoms with Crippen LogP contribution in [0.25, 0.3) is 25.1 Å². The Balaban J connectivity index is 1.48. The standard InChI is InChI=1S/C30H31O5S/c1-19-15-22(16-20(2)28(19)34-18-27(31)35-30(3)13-7-8-14-30)36-25-10-6-5-9-23(25)24-17-21(29(32)33-4)11-12-26(24)36/h5-6,9-12,15-17H,7-8,13-14,18H2,1-4H3/q+1. The Labute approximate surface area is 213 Å². The lowest BCUT2D eigenvalue weighted by atomic mass is 10.1. The molecule has 0 amide bonds. The van der Waals surface area contributed by atoms with E-state index in [4.69, 9.17) is 14.2 Å². The molecule has 1 unspecified atom stereocenters. The first kappa shape index (κ1) is 24.3. The number of carbonyl (C=O) groups is 2. The number of aryl methyl sites for hydroxylation is 2. The zero-order valence-corrected chi connectivity index (χ0v) is 22.0. The van der Waals surface area contributed by atoms with Crippen LogP contribution >= 0.6 is 10.5 Å². The first-order chi connectivity index (χ1) is 17.3. The fraction of sp³-hybridized carbons (Fsp3) is 0.333. The minimum Gasteiger partial charge on any atom is -0.481 e. The molecule has 1 fully saturated rings. The number of thiophene rings is 1. The van der Waals surface area contributed by atoms with Crippen LogP contribution in [-0.4, -0.2) is 31.3 Å². The Bertz CT molecular complexity index is 1450. The number of hydrogen-bond acceptors (Lipinski definition) is 5. The van der Waals surface area contributed by atoms with Gasteiger partial charge in [0.05, 0.1) is 12.7 Å². The van der Waals surface area contributed by atoms with E-state index in [-0.39, 0.29) is 34.6 Å². The minimum absolute atomic E-state index is 0.0930. The second-order valence-electron chi connectivity index (χ2n) is 9.81. The number of rotatable bonds is 6. The summed E-state index contributed by atoms with van der Waals surface area (Å²) in [5.74, 6) is 0.0736. The first-order valence-corrected chi connectivity index (χ1v) is 13.5. The number of hydrogen-bond donors (Lipinski definition) is 0. The molecule has 4 aromatic rings. The van der Waals surface area contributed by atoms with Crippen LogP contribution in [0.2, 0.25) is 0 Å². The molecule has 5 nitrogen and oxygen atoms in total. The Kier molecular flexibility index (Phi) is 6.47. The van der Waals surface area contributed by atoms with Gasteiger partial charge in [-0.05, 0) is 87.9 Å². The predicted octanol–water partition coefficient (Wildman–Crippen LogP) is 7.39. The number of benzene rings is 3. The van der Waals surface area contributed by atoms with Gasteiger partial charge in [-0.15, -0.1) is 0 Å². The highest BCUT2D eigenvalue weighted by Crippen LogP contribution is 2.49. The molecule has 36 heavy (non-hydrogen) atoms. The second-order valence-corrected chi connectivity index (χ2v) is 11.8. The van der Waals surface area contributed by atoms with Gasteiger partial charge in [0, 0.05) is 33.4 Å². The van der Waals surface area contributed by atoms with Crippen molar-refractivity contribution < 1.29 is 23.8 Å². The molecule has 1 heterocycles. The predicted molar refractivity (Wildman–Crippen MR) is 145 cm³/mol. The number of esters is 2. The van der Waals surface area contributed by atoms with Crippen molar-refractivity contribution >= 4 is 42.6 Å². The Morgan fingerprint density at radius 1 is 0.917 bits per heavy atom. The molecule has 186 valence electrons. The molecule has 0 aliphatic heterocycles. The number of ether oxygens (including phenoxy) is 3. The fourth-order valence-electron chi connectivity index (χ4n) is 5.32. The zero-order chi connectivity index (χ0) is 25.4. The quantitative estimate of drug-likeness (QED) is 0.203. The van der Waals surface area contributed by atoms with Crippen LogP contribution in [0.1, 0.15) is 54.1 Å². The normalized spacial score (nSPS) is 15.3. The number of fused-ring (bicyclic) bond motifs is 3. The fourth-order valence-corrected chi connectivity index (χ4v) is 7.86. The van der Waals surface area contributed by atoms with E-state index < -0.39 is 0 Å². The third-order valence-corrected chi connectivity index (χ3v) is 9.34. The van der Waals surface area contributed by atoms with Crippen molar-refractivity contribution in [2.75, 3.05) is 13.7 Å². The molecule has 1 atom stereocenters. The van der Waals surface area contributed by atoms with Crippen LogP contribution < -0.4 is 4.74 Å². The summed E-state index contributed by atoms with van der Waals surface area (Å²) in [6.45, 7) is 5.95. The third kappa shape index (κ3) is 4.46. The molecule has 0 bridgehead atoms. The first-order valence-electron chi connectivity index (χ1n) is 12.3. The third-order valence-electron chi connectivity index (χ3n) is 7.04. The topological polar surface area (TPSA) is 61.8 Å². The molecule has 3 aromatic carbocycles. The summed E-state index contributed by atoms with van der Waals surface area (Å²) >= 11 is 0. The van der Waals surface area contributed by atoms with E-state index in [2.05, 4.69) is 30.3 Å². The largest absolute Gasteiger partial charge is 0.481 e. The van der Waals surface area contributed by atoms with Crippen LogP contribution in [0.3, 0.4) is 0 Å². The van der Waals surface area contributed by atoms with Crippen LogP contribution in [-0.2, 0) is 14.3 Å². The second kappa shape index (κ2) is 9.58. The van der Waals surface area contributed by atoms with Gasteiger partial charge in [0.15, 0.2) is 20.9 Å². The average Bonchev–Trinajstić information content (AvgIpc) is 3.43. The summed E-state index contributed by atoms with van der Waals surface area (Å²) < 4.78 is 19.1. The maximum Gasteiger partial charge on any atom is 0.344 e. The van der Waals surface area contributed by atoms with Crippen molar-refractivity contribution in [3.05, 3.63) is 71.3 Å². The SMILES string of the molecule is COC(=O)c1ccc2c(c1)c1ccccc1[s+]2-c1cc(C)c(OCC(=O)OC2(C)CCCC2)c(C)c1. The van der Waals surface area contributed by atoms with E-state index in [0.717, 1.165) is 53.3 Å². The van der Waals surface area contributed by atoms with Gasteiger partial charge in [0.25, 0.3) is 0 Å². The molecule has 6 heteroatoms. The lowest BCUT2D eigenvalue weighted by molar-refractivity contribution is -0.159. The van der Waals surface area contributed by atoms with E-state index in [0.29, 0.717) is 5.56 Å². The number of methoxy groups -OCH3 is 1. The molecule has 0 radical (unpaired) electrons. The van der Waals surface area contributed by atoms with Crippen LogP contribution in [0, 0.1) is 13.8 Å². The maximum absolute atomic E-state index is 12.5. The van der Waals surface area contributed by atoms with E-state index in [9.17, 15) is 9.59 Å². The van der Waals surface area contributed by atoms with Crippen LogP contribution in [0.4, 0.5) is 0 Å². The Morgan fingerprint density at radius 2 is 1.58 bits per heavy atom. The number of carbonyl (C=O) groups excluding carboxylic acids is 2. The molecule has 0 N–H and O–H groups in total. The molecule has 1 aliphatic rings. The lowest BCUT2D eigenvalue weighted by Crippen LogP contribution is -2.30. The van der Waals surface area contributed by atoms with E-state index in [1.807, 2.05) is 45.0 Å². The Morgan fingerprint density at radius 3 is 2.28 bits per heavy atom. The molecule has 1 saturated carbocycles. The van der Waals surface area contributed by atoms with Gasteiger partial charge in [-0.2, -0.15) is 0 Å². The van der Waals surface area contributed by atoms with Gasteiger partial charge in [0.1, 0.15) is 11.4 Å². The maximum atomic E-state index is 12.5. The summed E-state index contributed by atoms with van der Waals surface area (Å²) in [7, 11) is 1.09. The van der Waals surface area contributed by atoms with Crippen molar-refractivity contribution in [2.24, 2.45) is 0 Å². The van der Waals surface area contributed by atoms with Crippen molar-refractivity contribution in [3.63, 3.8) is 0 Å². The minimum atomic E-state index is -0.355. The van der Waals surface area contributed by atoms with Crippen molar-refractivity contribution in [2.45, 2.75) is 52.1 Å². The van der Waals surface area contributed by atoms with Crippen molar-refractivity contribution in [1.29, 1.82) is 0 Å². The summed E-state index contributed by atoms with van der Waals surface area (Å²) in [5.41, 5.74) is 2.15. The van der Waals surface area contributed by atoms with Crippen molar-refractivity contribution in [1.82, 2.24) is 0 Å². The van der Waals surface area contributed by atoms with Gasteiger partial charge in [0.2, 0.25) is 0 Å². The molecule has 1 aromatic heterocycles. The Hall–Kier alpha value is -3.38. The molecule has 1 aliphatic carbocycles. The molecule has 0 saturated heterocycles. The lowest BCUT2D eigenvalue weighted by Gasteiger charge is -2.24. The van der Waals surface area contributed by atoms with E-state index in [1.54, 1.807) is 0 Å². The van der Waals surface area contributed by atoms with Gasteiger partial charge in [-0.3, -0.25) is 0 Å². The van der Waals surface area contributed by atoms with Gasteiger partial charge in [-0.1, -0.05) is 12.1 Å². The van der Waals surface area contributed by atoms with Crippen LogP contribution in [0.5, 0.6) is 5.75 Å².